The van der Waals surface area contributed by atoms with Gasteiger partial charge in [-0.1, -0.05) is 6.92 Å². The largest absolute Gasteiger partial charge is 0.385 e. The number of methoxy groups -OCH3 is 1. The molecule has 1 fully saturated rings. The van der Waals surface area contributed by atoms with E-state index >= 15 is 0 Å². The number of unbranched alkanes of at least 4 members (excludes halogenated alkanes) is 1. The summed E-state index contributed by atoms with van der Waals surface area (Å²) in [5, 5.41) is 3.53. The van der Waals surface area contributed by atoms with Gasteiger partial charge in [-0.2, -0.15) is 0 Å². The molecule has 0 aliphatic carbocycles. The second-order valence-corrected chi connectivity index (χ2v) is 4.37. The van der Waals surface area contributed by atoms with Crippen LogP contribution in [-0.4, -0.2) is 50.8 Å². The minimum atomic E-state index is 0.769. The van der Waals surface area contributed by atoms with Crippen LogP contribution < -0.4 is 5.32 Å². The number of hydrogen-bond donors (Lipinski definition) is 1. The second-order valence-electron chi connectivity index (χ2n) is 4.37. The first-order valence-corrected chi connectivity index (χ1v) is 6.31. The summed E-state index contributed by atoms with van der Waals surface area (Å²) < 4.78 is 5.05. The zero-order valence-corrected chi connectivity index (χ0v) is 10.3. The first kappa shape index (κ1) is 12.9. The SMILES string of the molecule is CCNC1CCN(CCCCOC)CC1. The predicted octanol–water partition coefficient (Wildman–Crippen LogP) is 1.49. The van der Waals surface area contributed by atoms with Crippen molar-refractivity contribution in [1.82, 2.24) is 10.2 Å². The molecule has 0 aromatic carbocycles. The van der Waals surface area contributed by atoms with Gasteiger partial charge in [0.1, 0.15) is 0 Å². The fourth-order valence-corrected chi connectivity index (χ4v) is 2.23. The zero-order valence-electron chi connectivity index (χ0n) is 10.3. The van der Waals surface area contributed by atoms with Crippen molar-refractivity contribution in [2.24, 2.45) is 0 Å². The van der Waals surface area contributed by atoms with E-state index in [-0.39, 0.29) is 0 Å². The fourth-order valence-electron chi connectivity index (χ4n) is 2.23. The van der Waals surface area contributed by atoms with Gasteiger partial charge in [0.15, 0.2) is 0 Å². The van der Waals surface area contributed by atoms with Gasteiger partial charge in [-0.05, 0) is 51.9 Å². The number of hydrogen-bond acceptors (Lipinski definition) is 3. The lowest BCUT2D eigenvalue weighted by molar-refractivity contribution is 0.169. The van der Waals surface area contributed by atoms with Crippen LogP contribution in [0.5, 0.6) is 0 Å². The number of nitrogens with one attached hydrogen (secondary N) is 1. The average molecular weight is 214 g/mol. The van der Waals surface area contributed by atoms with E-state index in [9.17, 15) is 0 Å². The van der Waals surface area contributed by atoms with Crippen LogP contribution in [-0.2, 0) is 4.74 Å². The van der Waals surface area contributed by atoms with Gasteiger partial charge in [-0.25, -0.2) is 0 Å². The number of ether oxygens (including phenoxy) is 1. The fraction of sp³-hybridized carbons (Fsp3) is 1.00. The van der Waals surface area contributed by atoms with Crippen LogP contribution >= 0.6 is 0 Å². The standard InChI is InChI=1S/C12H26N2O/c1-3-13-12-6-9-14(10-7-12)8-4-5-11-15-2/h12-13H,3-11H2,1-2H3. The minimum Gasteiger partial charge on any atom is -0.385 e. The van der Waals surface area contributed by atoms with Crippen LogP contribution in [0.3, 0.4) is 0 Å². The second kappa shape index (κ2) is 8.08. The summed E-state index contributed by atoms with van der Waals surface area (Å²) in [4.78, 5) is 2.59. The smallest absolute Gasteiger partial charge is 0.0462 e. The maximum absolute atomic E-state index is 5.05. The molecule has 0 saturated carbocycles. The van der Waals surface area contributed by atoms with Crippen molar-refractivity contribution in [3.05, 3.63) is 0 Å². The molecular weight excluding hydrogens is 188 g/mol. The first-order chi connectivity index (χ1) is 7.36. The Hall–Kier alpha value is -0.120. The molecule has 3 nitrogen and oxygen atoms in total. The molecular formula is C12H26N2O. The third-order valence-electron chi connectivity index (χ3n) is 3.15. The Morgan fingerprint density at radius 1 is 1.27 bits per heavy atom. The molecule has 0 bridgehead atoms. The molecule has 1 rings (SSSR count). The van der Waals surface area contributed by atoms with E-state index < -0.39 is 0 Å². The molecule has 3 heteroatoms. The lowest BCUT2D eigenvalue weighted by Gasteiger charge is -2.32. The summed E-state index contributed by atoms with van der Waals surface area (Å²) in [7, 11) is 1.78. The van der Waals surface area contributed by atoms with Crippen molar-refractivity contribution in [3.63, 3.8) is 0 Å². The van der Waals surface area contributed by atoms with Crippen molar-refractivity contribution in [2.75, 3.05) is 39.9 Å². The molecule has 15 heavy (non-hydrogen) atoms. The molecule has 0 radical (unpaired) electrons. The van der Waals surface area contributed by atoms with Crippen LogP contribution in [0.4, 0.5) is 0 Å². The molecule has 0 aromatic heterocycles. The maximum Gasteiger partial charge on any atom is 0.0462 e. The van der Waals surface area contributed by atoms with Crippen LogP contribution in [0.1, 0.15) is 32.6 Å². The maximum atomic E-state index is 5.05. The molecule has 1 aliphatic rings. The number of rotatable bonds is 7. The van der Waals surface area contributed by atoms with Crippen molar-refractivity contribution in [2.45, 2.75) is 38.6 Å². The summed E-state index contributed by atoms with van der Waals surface area (Å²) in [5.41, 5.74) is 0. The van der Waals surface area contributed by atoms with Gasteiger partial charge < -0.3 is 15.0 Å². The molecule has 1 N–H and O–H groups in total. The summed E-state index contributed by atoms with van der Waals surface area (Å²) in [6, 6.07) is 0.769. The Kier molecular flexibility index (Phi) is 6.98. The highest BCUT2D eigenvalue weighted by atomic mass is 16.5. The quantitative estimate of drug-likeness (QED) is 0.650. The van der Waals surface area contributed by atoms with Crippen LogP contribution in [0, 0.1) is 0 Å². The van der Waals surface area contributed by atoms with Gasteiger partial charge in [0.2, 0.25) is 0 Å². The van der Waals surface area contributed by atoms with E-state index in [4.69, 9.17) is 4.74 Å². The highest BCUT2D eigenvalue weighted by Crippen LogP contribution is 2.10. The lowest BCUT2D eigenvalue weighted by atomic mass is 10.0. The van der Waals surface area contributed by atoms with Gasteiger partial charge in [0.05, 0.1) is 0 Å². The van der Waals surface area contributed by atoms with E-state index in [0.717, 1.165) is 19.2 Å². The van der Waals surface area contributed by atoms with Crippen LogP contribution in [0.2, 0.25) is 0 Å². The van der Waals surface area contributed by atoms with E-state index in [0.29, 0.717) is 0 Å². The lowest BCUT2D eigenvalue weighted by Crippen LogP contribution is -2.42. The molecule has 0 atom stereocenters. The third-order valence-corrected chi connectivity index (χ3v) is 3.15. The number of likely N-dealkylation sites (tertiary alicyclic amines) is 1. The van der Waals surface area contributed by atoms with Gasteiger partial charge in [0, 0.05) is 19.8 Å². The molecule has 0 spiro atoms. The monoisotopic (exact) mass is 214 g/mol. The first-order valence-electron chi connectivity index (χ1n) is 6.31. The highest BCUT2D eigenvalue weighted by molar-refractivity contribution is 4.76. The molecule has 1 aliphatic heterocycles. The van der Waals surface area contributed by atoms with E-state index in [1.165, 1.54) is 45.3 Å². The molecule has 1 saturated heterocycles. The number of piperidine rings is 1. The molecule has 1 heterocycles. The molecule has 0 aromatic rings. The van der Waals surface area contributed by atoms with Crippen LogP contribution in [0.25, 0.3) is 0 Å². The zero-order chi connectivity index (χ0) is 10.9. The van der Waals surface area contributed by atoms with Crippen molar-refractivity contribution >= 4 is 0 Å². The predicted molar refractivity (Wildman–Crippen MR) is 64.2 cm³/mol. The van der Waals surface area contributed by atoms with Gasteiger partial charge in [-0.3, -0.25) is 0 Å². The average Bonchev–Trinajstić information content (AvgIpc) is 2.27. The molecule has 0 amide bonds. The van der Waals surface area contributed by atoms with Crippen molar-refractivity contribution in [1.29, 1.82) is 0 Å². The Labute approximate surface area is 94.2 Å². The molecule has 0 unspecified atom stereocenters. The highest BCUT2D eigenvalue weighted by Gasteiger charge is 2.17. The Morgan fingerprint density at radius 3 is 2.60 bits per heavy atom. The summed E-state index contributed by atoms with van der Waals surface area (Å²) >= 11 is 0. The number of nitrogens with zero attached hydrogens (tertiary/aromatic N) is 1. The molecule has 90 valence electrons. The van der Waals surface area contributed by atoms with E-state index in [1.807, 2.05) is 0 Å². The van der Waals surface area contributed by atoms with E-state index in [1.54, 1.807) is 7.11 Å². The summed E-state index contributed by atoms with van der Waals surface area (Å²) in [6.07, 6.45) is 5.11. The Bertz CT molecular complexity index is 142. The topological polar surface area (TPSA) is 24.5 Å². The van der Waals surface area contributed by atoms with Crippen molar-refractivity contribution in [3.8, 4) is 0 Å². The van der Waals surface area contributed by atoms with Crippen molar-refractivity contribution < 1.29 is 4.74 Å². The summed E-state index contributed by atoms with van der Waals surface area (Å²) in [5.74, 6) is 0. The third kappa shape index (κ3) is 5.50. The van der Waals surface area contributed by atoms with E-state index in [2.05, 4.69) is 17.1 Å². The normalized spacial score (nSPS) is 19.6. The van der Waals surface area contributed by atoms with Gasteiger partial charge >= 0.3 is 0 Å². The van der Waals surface area contributed by atoms with Gasteiger partial charge in [0.25, 0.3) is 0 Å². The summed E-state index contributed by atoms with van der Waals surface area (Å²) in [6.45, 7) is 8.00. The minimum absolute atomic E-state index is 0.769. The Balaban J connectivity index is 1.99. The Morgan fingerprint density at radius 2 is 2.00 bits per heavy atom. The van der Waals surface area contributed by atoms with Crippen LogP contribution in [0.15, 0.2) is 0 Å². The van der Waals surface area contributed by atoms with Gasteiger partial charge in [-0.15, -0.1) is 0 Å².